The summed E-state index contributed by atoms with van der Waals surface area (Å²) < 4.78 is 16.7. The Morgan fingerprint density at radius 2 is 1.85 bits per heavy atom. The van der Waals surface area contributed by atoms with E-state index in [0.717, 1.165) is 44.4 Å². The number of fused-ring (bicyclic) bond motifs is 2. The van der Waals surface area contributed by atoms with Crippen LogP contribution in [0.2, 0.25) is 0 Å². The van der Waals surface area contributed by atoms with E-state index in [9.17, 15) is 4.79 Å². The van der Waals surface area contributed by atoms with Gasteiger partial charge in [-0.1, -0.05) is 24.3 Å². The van der Waals surface area contributed by atoms with Gasteiger partial charge in [-0.25, -0.2) is 4.98 Å². The first-order chi connectivity index (χ1) is 16.6. The Morgan fingerprint density at radius 1 is 1.06 bits per heavy atom. The van der Waals surface area contributed by atoms with Crippen LogP contribution in [0.15, 0.2) is 77.4 Å². The molecule has 0 unspecified atom stereocenters. The molecule has 2 N–H and O–H groups in total. The summed E-state index contributed by atoms with van der Waals surface area (Å²) in [6.07, 6.45) is 3.26. The largest absolute Gasteiger partial charge is 0.497 e. The summed E-state index contributed by atoms with van der Waals surface area (Å²) in [5.74, 6) is 1.51. The average Bonchev–Trinajstić information content (AvgIpc) is 3.46. The fraction of sp³-hybridized carbons (Fsp3) is 0.111. The predicted octanol–water partition coefficient (Wildman–Crippen LogP) is 6.04. The second kappa shape index (κ2) is 8.78. The molecule has 0 aliphatic carbocycles. The van der Waals surface area contributed by atoms with Crippen LogP contribution in [-0.2, 0) is 4.79 Å². The molecule has 1 amide bonds. The van der Waals surface area contributed by atoms with Crippen molar-refractivity contribution in [2.75, 3.05) is 19.5 Å². The van der Waals surface area contributed by atoms with Crippen molar-refractivity contribution in [2.45, 2.75) is 6.92 Å². The van der Waals surface area contributed by atoms with Crippen molar-refractivity contribution in [2.24, 2.45) is 0 Å². The van der Waals surface area contributed by atoms with Gasteiger partial charge in [-0.15, -0.1) is 0 Å². The number of carbonyl (C=O) groups is 1. The third-order valence-corrected chi connectivity index (χ3v) is 5.70. The van der Waals surface area contributed by atoms with Gasteiger partial charge in [-0.05, 0) is 48.4 Å². The smallest absolute Gasteiger partial charge is 0.250 e. The van der Waals surface area contributed by atoms with Crippen molar-refractivity contribution >= 4 is 39.4 Å². The number of nitrogens with one attached hydrogen (secondary N) is 2. The number of ether oxygens (including phenoxy) is 2. The number of aromatic amines is 1. The van der Waals surface area contributed by atoms with Gasteiger partial charge >= 0.3 is 0 Å². The number of amides is 1. The minimum absolute atomic E-state index is 0.290. The number of nitrogens with zero attached hydrogens (tertiary/aromatic N) is 1. The average molecular weight is 453 g/mol. The quantitative estimate of drug-likeness (QED) is 0.306. The molecule has 3 aromatic carbocycles. The highest BCUT2D eigenvalue weighted by Gasteiger charge is 2.15. The Bertz CT molecular complexity index is 1490. The molecule has 170 valence electrons. The van der Waals surface area contributed by atoms with E-state index in [-0.39, 0.29) is 5.91 Å². The Balaban J connectivity index is 1.48. The summed E-state index contributed by atoms with van der Waals surface area (Å²) in [6.45, 7) is 1.87. The highest BCUT2D eigenvalue weighted by molar-refractivity contribution is 6.05. The summed E-state index contributed by atoms with van der Waals surface area (Å²) in [6, 6.07) is 19.2. The molecular weight excluding hydrogens is 430 g/mol. The number of allylic oxidation sites excluding steroid dienone is 1. The van der Waals surface area contributed by atoms with E-state index < -0.39 is 0 Å². The van der Waals surface area contributed by atoms with Gasteiger partial charge in [0.1, 0.15) is 17.1 Å². The van der Waals surface area contributed by atoms with Crippen molar-refractivity contribution in [3.8, 4) is 22.6 Å². The summed E-state index contributed by atoms with van der Waals surface area (Å²) in [7, 11) is 3.24. The molecule has 0 saturated carbocycles. The van der Waals surface area contributed by atoms with E-state index in [1.807, 2.05) is 67.6 Å². The Hall–Kier alpha value is -4.52. The molecule has 2 aromatic heterocycles. The molecule has 0 saturated heterocycles. The van der Waals surface area contributed by atoms with Crippen molar-refractivity contribution in [1.29, 1.82) is 0 Å². The fourth-order valence-corrected chi connectivity index (χ4v) is 3.97. The number of para-hydroxylation sites is 2. The minimum atomic E-state index is -0.290. The lowest BCUT2D eigenvalue weighted by Gasteiger charge is -2.10. The standard InChI is InChI=1S/C27H23N3O4/c1-16(12-26(31)30-27-28-22-6-4-5-7-23(22)29-27)19-13-20-21(15-34-25(20)14-24(19)33-3)17-8-10-18(32-2)11-9-17/h4-15H,1-3H3,(H2,28,29,30,31)/b16-12+. The number of hydrogen-bond acceptors (Lipinski definition) is 5. The molecule has 0 fully saturated rings. The molecule has 0 aliphatic rings. The number of furan rings is 1. The molecule has 5 aromatic rings. The molecule has 2 heterocycles. The van der Waals surface area contributed by atoms with Gasteiger partial charge in [0.2, 0.25) is 5.95 Å². The normalized spacial score (nSPS) is 11.7. The van der Waals surface area contributed by atoms with Gasteiger partial charge in [0.15, 0.2) is 0 Å². The van der Waals surface area contributed by atoms with Gasteiger partial charge in [-0.2, -0.15) is 0 Å². The van der Waals surface area contributed by atoms with E-state index in [1.54, 1.807) is 20.5 Å². The zero-order valence-electron chi connectivity index (χ0n) is 19.0. The lowest BCUT2D eigenvalue weighted by atomic mass is 9.99. The number of hydrogen-bond donors (Lipinski definition) is 2. The highest BCUT2D eigenvalue weighted by Crippen LogP contribution is 2.37. The third-order valence-electron chi connectivity index (χ3n) is 5.70. The van der Waals surface area contributed by atoms with Gasteiger partial charge < -0.3 is 18.9 Å². The van der Waals surface area contributed by atoms with Crippen LogP contribution >= 0.6 is 0 Å². The molecule has 0 bridgehead atoms. The lowest BCUT2D eigenvalue weighted by molar-refractivity contribution is -0.111. The monoisotopic (exact) mass is 453 g/mol. The molecule has 0 radical (unpaired) electrons. The minimum Gasteiger partial charge on any atom is -0.497 e. The highest BCUT2D eigenvalue weighted by atomic mass is 16.5. The molecule has 7 nitrogen and oxygen atoms in total. The number of carbonyl (C=O) groups excluding carboxylic acids is 1. The number of rotatable bonds is 6. The van der Waals surface area contributed by atoms with Crippen LogP contribution in [0.5, 0.6) is 11.5 Å². The first kappa shape index (κ1) is 21.3. The maximum absolute atomic E-state index is 12.7. The first-order valence-corrected chi connectivity index (χ1v) is 10.7. The SMILES string of the molecule is COc1ccc(-c2coc3cc(OC)c(/C(C)=C/C(=O)Nc4nc5ccccc5[nH]4)cc23)cc1. The van der Waals surface area contributed by atoms with Gasteiger partial charge in [0, 0.05) is 28.7 Å². The van der Waals surface area contributed by atoms with Crippen LogP contribution in [0, 0.1) is 0 Å². The summed E-state index contributed by atoms with van der Waals surface area (Å²) in [4.78, 5) is 20.2. The zero-order chi connectivity index (χ0) is 23.7. The first-order valence-electron chi connectivity index (χ1n) is 10.7. The van der Waals surface area contributed by atoms with Crippen LogP contribution < -0.4 is 14.8 Å². The second-order valence-electron chi connectivity index (χ2n) is 7.85. The molecule has 0 spiro atoms. The van der Waals surface area contributed by atoms with Crippen molar-refractivity contribution < 1.29 is 18.7 Å². The van der Waals surface area contributed by atoms with Crippen LogP contribution in [0.25, 0.3) is 38.7 Å². The van der Waals surface area contributed by atoms with Crippen LogP contribution in [0.1, 0.15) is 12.5 Å². The van der Waals surface area contributed by atoms with E-state index in [1.165, 1.54) is 6.08 Å². The zero-order valence-corrected chi connectivity index (χ0v) is 19.0. The molecule has 5 rings (SSSR count). The topological polar surface area (TPSA) is 89.4 Å². The van der Waals surface area contributed by atoms with Crippen molar-refractivity contribution in [3.63, 3.8) is 0 Å². The fourth-order valence-electron chi connectivity index (χ4n) is 3.97. The van der Waals surface area contributed by atoms with E-state index in [2.05, 4.69) is 15.3 Å². The van der Waals surface area contributed by atoms with Crippen LogP contribution in [-0.4, -0.2) is 30.1 Å². The second-order valence-corrected chi connectivity index (χ2v) is 7.85. The maximum atomic E-state index is 12.7. The third kappa shape index (κ3) is 3.99. The lowest BCUT2D eigenvalue weighted by Crippen LogP contribution is -2.09. The number of H-pyrrole nitrogens is 1. The Morgan fingerprint density at radius 3 is 2.59 bits per heavy atom. The molecule has 34 heavy (non-hydrogen) atoms. The van der Waals surface area contributed by atoms with Crippen LogP contribution in [0.3, 0.4) is 0 Å². The predicted molar refractivity (Wildman–Crippen MR) is 133 cm³/mol. The summed E-state index contributed by atoms with van der Waals surface area (Å²) in [5.41, 5.74) is 5.83. The molecular formula is C27H23N3O4. The molecule has 7 heteroatoms. The Labute approximate surface area is 196 Å². The number of imidazole rings is 1. The van der Waals surface area contributed by atoms with E-state index >= 15 is 0 Å². The Kier molecular flexibility index (Phi) is 5.51. The van der Waals surface area contributed by atoms with Gasteiger partial charge in [-0.3, -0.25) is 10.1 Å². The molecule has 0 atom stereocenters. The van der Waals surface area contributed by atoms with E-state index in [0.29, 0.717) is 17.3 Å². The summed E-state index contributed by atoms with van der Waals surface area (Å²) in [5, 5.41) is 3.72. The van der Waals surface area contributed by atoms with Crippen molar-refractivity contribution in [3.05, 3.63) is 78.6 Å². The number of benzene rings is 3. The number of anilines is 1. The maximum Gasteiger partial charge on any atom is 0.250 e. The van der Waals surface area contributed by atoms with Gasteiger partial charge in [0.25, 0.3) is 5.91 Å². The number of methoxy groups -OCH3 is 2. The van der Waals surface area contributed by atoms with Crippen LogP contribution in [0.4, 0.5) is 5.95 Å². The van der Waals surface area contributed by atoms with Crippen molar-refractivity contribution in [1.82, 2.24) is 9.97 Å². The molecule has 0 aliphatic heterocycles. The number of aromatic nitrogens is 2. The summed E-state index contributed by atoms with van der Waals surface area (Å²) >= 11 is 0. The van der Waals surface area contributed by atoms with Gasteiger partial charge in [0.05, 0.1) is 31.5 Å². The van der Waals surface area contributed by atoms with E-state index in [4.69, 9.17) is 13.9 Å².